The van der Waals surface area contributed by atoms with Crippen molar-refractivity contribution in [1.29, 1.82) is 0 Å². The summed E-state index contributed by atoms with van der Waals surface area (Å²) in [7, 11) is 0. The molecular weight excluding hydrogens is 282 g/mol. The Morgan fingerprint density at radius 2 is 1.95 bits per heavy atom. The summed E-state index contributed by atoms with van der Waals surface area (Å²) in [4.78, 5) is 26.6. The number of rotatable bonds is 3. The van der Waals surface area contributed by atoms with Crippen molar-refractivity contribution in [2.24, 2.45) is 0 Å². The minimum absolute atomic E-state index is 0.0982. The van der Waals surface area contributed by atoms with E-state index in [0.717, 1.165) is 6.07 Å². The normalized spacial score (nSPS) is 10.2. The van der Waals surface area contributed by atoms with Crippen molar-refractivity contribution in [2.45, 2.75) is 6.92 Å². The molecule has 0 radical (unpaired) electrons. The van der Waals surface area contributed by atoms with E-state index in [1.807, 2.05) is 0 Å². The number of pyridine rings is 1. The van der Waals surface area contributed by atoms with Crippen molar-refractivity contribution in [2.75, 3.05) is 5.32 Å². The van der Waals surface area contributed by atoms with E-state index < -0.39 is 29.1 Å². The molecule has 2 N–H and O–H groups in total. The number of nitrogens with zero attached hydrogens (tertiary/aromatic N) is 1. The number of anilines is 1. The topological polar surface area (TPSA) is 79.3 Å². The number of halogens is 2. The van der Waals surface area contributed by atoms with Crippen molar-refractivity contribution in [3.05, 3.63) is 58.8 Å². The average Bonchev–Trinajstić information content (AvgIpc) is 2.43. The highest BCUT2D eigenvalue weighted by Crippen LogP contribution is 2.19. The van der Waals surface area contributed by atoms with Crippen LogP contribution in [0, 0.1) is 18.6 Å². The van der Waals surface area contributed by atoms with Crippen LogP contribution in [0.15, 0.2) is 30.5 Å². The Labute approximate surface area is 118 Å². The van der Waals surface area contributed by atoms with Crippen molar-refractivity contribution in [3.8, 4) is 0 Å². The van der Waals surface area contributed by atoms with Crippen LogP contribution in [0.3, 0.4) is 0 Å². The number of aromatic nitrogens is 1. The first-order valence-electron chi connectivity index (χ1n) is 5.86. The van der Waals surface area contributed by atoms with Gasteiger partial charge in [0.15, 0.2) is 0 Å². The van der Waals surface area contributed by atoms with Gasteiger partial charge < -0.3 is 10.4 Å². The van der Waals surface area contributed by atoms with Gasteiger partial charge in [0.25, 0.3) is 5.91 Å². The third-order valence-corrected chi connectivity index (χ3v) is 2.78. The zero-order valence-corrected chi connectivity index (χ0v) is 10.9. The largest absolute Gasteiger partial charge is 0.478 e. The second-order valence-corrected chi connectivity index (χ2v) is 4.21. The predicted octanol–water partition coefficient (Wildman–Crippen LogP) is 2.62. The number of carbonyl (C=O) groups excluding carboxylic acids is 1. The molecule has 0 fully saturated rings. The summed E-state index contributed by atoms with van der Waals surface area (Å²) in [6.45, 7) is 1.38. The van der Waals surface area contributed by atoms with Gasteiger partial charge >= 0.3 is 5.97 Å². The quantitative estimate of drug-likeness (QED) is 0.911. The molecule has 0 bridgehead atoms. The molecule has 1 amide bonds. The monoisotopic (exact) mass is 292 g/mol. The fraction of sp³-hybridized carbons (Fsp3) is 0.0714. The van der Waals surface area contributed by atoms with Gasteiger partial charge in [-0.3, -0.25) is 4.79 Å². The van der Waals surface area contributed by atoms with Gasteiger partial charge in [0.1, 0.15) is 28.6 Å². The summed E-state index contributed by atoms with van der Waals surface area (Å²) in [6.07, 6.45) is 1.25. The minimum atomic E-state index is -1.32. The molecule has 0 aliphatic rings. The summed E-state index contributed by atoms with van der Waals surface area (Å²) in [5.74, 6) is -4.74. The molecule has 1 aromatic carbocycles. The third kappa shape index (κ3) is 2.86. The Bertz CT molecular complexity index is 732. The highest BCUT2D eigenvalue weighted by molar-refractivity contribution is 6.07. The summed E-state index contributed by atoms with van der Waals surface area (Å²) in [6, 6.07) is 4.75. The molecule has 0 aliphatic heterocycles. The Hall–Kier alpha value is -2.83. The number of amides is 1. The maximum atomic E-state index is 13.8. The predicted molar refractivity (Wildman–Crippen MR) is 70.2 cm³/mol. The maximum absolute atomic E-state index is 13.8. The standard InChI is InChI=1S/C14H10F2N2O3/c1-7-4-5-9(15)10(11(7)16)13(19)18-12-8(14(20)21)3-2-6-17-12/h2-6H,1H3,(H,20,21)(H,17,18,19). The minimum Gasteiger partial charge on any atom is -0.478 e. The molecule has 0 spiro atoms. The number of benzene rings is 1. The summed E-state index contributed by atoms with van der Waals surface area (Å²) in [5, 5.41) is 11.1. The van der Waals surface area contributed by atoms with E-state index in [1.54, 1.807) is 0 Å². The number of hydrogen-bond acceptors (Lipinski definition) is 3. The molecular formula is C14H10F2N2O3. The van der Waals surface area contributed by atoms with Crippen molar-refractivity contribution in [3.63, 3.8) is 0 Å². The molecule has 1 aromatic heterocycles. The first-order valence-corrected chi connectivity index (χ1v) is 5.86. The lowest BCUT2D eigenvalue weighted by Crippen LogP contribution is -2.19. The molecule has 0 atom stereocenters. The number of carboxylic acids is 1. The van der Waals surface area contributed by atoms with E-state index in [2.05, 4.69) is 10.3 Å². The van der Waals surface area contributed by atoms with Gasteiger partial charge in [-0.05, 0) is 30.7 Å². The molecule has 2 rings (SSSR count). The lowest BCUT2D eigenvalue weighted by atomic mass is 10.1. The molecule has 0 saturated heterocycles. The third-order valence-electron chi connectivity index (χ3n) is 2.78. The fourth-order valence-electron chi connectivity index (χ4n) is 1.71. The van der Waals surface area contributed by atoms with E-state index in [9.17, 15) is 18.4 Å². The second-order valence-electron chi connectivity index (χ2n) is 4.21. The zero-order chi connectivity index (χ0) is 15.6. The van der Waals surface area contributed by atoms with E-state index in [0.29, 0.717) is 0 Å². The van der Waals surface area contributed by atoms with Gasteiger partial charge in [0.2, 0.25) is 0 Å². The van der Waals surface area contributed by atoms with Gasteiger partial charge in [0, 0.05) is 6.20 Å². The maximum Gasteiger partial charge on any atom is 0.339 e. The lowest BCUT2D eigenvalue weighted by molar-refractivity contribution is 0.0697. The van der Waals surface area contributed by atoms with Gasteiger partial charge in [-0.25, -0.2) is 18.6 Å². The van der Waals surface area contributed by atoms with Gasteiger partial charge in [-0.2, -0.15) is 0 Å². The van der Waals surface area contributed by atoms with E-state index in [4.69, 9.17) is 5.11 Å². The van der Waals surface area contributed by atoms with Gasteiger partial charge in [0.05, 0.1) is 0 Å². The molecule has 2 aromatic rings. The van der Waals surface area contributed by atoms with Crippen LogP contribution in [0.25, 0.3) is 0 Å². The summed E-state index contributed by atoms with van der Waals surface area (Å²) >= 11 is 0. The van der Waals surface area contributed by atoms with Crippen LogP contribution < -0.4 is 5.32 Å². The van der Waals surface area contributed by atoms with Crippen LogP contribution in [-0.2, 0) is 0 Å². The number of carbonyl (C=O) groups is 2. The van der Waals surface area contributed by atoms with Crippen molar-refractivity contribution in [1.82, 2.24) is 4.98 Å². The molecule has 0 unspecified atom stereocenters. The number of nitrogens with one attached hydrogen (secondary N) is 1. The SMILES string of the molecule is Cc1ccc(F)c(C(=O)Nc2ncccc2C(=O)O)c1F. The number of hydrogen-bond donors (Lipinski definition) is 2. The van der Waals surface area contributed by atoms with Crippen LogP contribution in [0.2, 0.25) is 0 Å². The van der Waals surface area contributed by atoms with Crippen LogP contribution >= 0.6 is 0 Å². The Balaban J connectivity index is 2.40. The molecule has 108 valence electrons. The van der Waals surface area contributed by atoms with Crippen molar-refractivity contribution >= 4 is 17.7 Å². The summed E-state index contributed by atoms with van der Waals surface area (Å²) in [5.41, 5.74) is -0.961. The first kappa shape index (κ1) is 14.6. The molecule has 5 nitrogen and oxygen atoms in total. The molecule has 0 aliphatic carbocycles. The van der Waals surface area contributed by atoms with Crippen LogP contribution in [-0.4, -0.2) is 22.0 Å². The van der Waals surface area contributed by atoms with Gasteiger partial charge in [-0.1, -0.05) is 6.07 Å². The van der Waals surface area contributed by atoms with Crippen LogP contribution in [0.4, 0.5) is 14.6 Å². The molecule has 7 heteroatoms. The number of carboxylic acid groups (broad SMARTS) is 1. The first-order chi connectivity index (χ1) is 9.91. The highest BCUT2D eigenvalue weighted by atomic mass is 19.1. The smallest absolute Gasteiger partial charge is 0.339 e. The van der Waals surface area contributed by atoms with Crippen LogP contribution in [0.5, 0.6) is 0 Å². The van der Waals surface area contributed by atoms with E-state index in [1.165, 1.54) is 31.3 Å². The highest BCUT2D eigenvalue weighted by Gasteiger charge is 2.21. The number of aryl methyl sites for hydroxylation is 1. The van der Waals surface area contributed by atoms with Crippen LogP contribution in [0.1, 0.15) is 26.3 Å². The number of aromatic carboxylic acids is 1. The van der Waals surface area contributed by atoms with Gasteiger partial charge in [-0.15, -0.1) is 0 Å². The Kier molecular flexibility index (Phi) is 3.93. The Morgan fingerprint density at radius 1 is 1.24 bits per heavy atom. The lowest BCUT2D eigenvalue weighted by Gasteiger charge is -2.09. The molecule has 21 heavy (non-hydrogen) atoms. The van der Waals surface area contributed by atoms with E-state index in [-0.39, 0.29) is 16.9 Å². The zero-order valence-electron chi connectivity index (χ0n) is 10.9. The van der Waals surface area contributed by atoms with E-state index >= 15 is 0 Å². The summed E-state index contributed by atoms with van der Waals surface area (Å²) < 4.78 is 27.4. The molecule has 0 saturated carbocycles. The fourth-order valence-corrected chi connectivity index (χ4v) is 1.71. The Morgan fingerprint density at radius 3 is 2.62 bits per heavy atom. The van der Waals surface area contributed by atoms with Crippen molar-refractivity contribution < 1.29 is 23.5 Å². The average molecular weight is 292 g/mol. The molecule has 1 heterocycles. The second kappa shape index (κ2) is 5.66.